The summed E-state index contributed by atoms with van der Waals surface area (Å²) in [7, 11) is -3.83. The molecule has 0 bridgehead atoms. The van der Waals surface area contributed by atoms with E-state index in [0.717, 1.165) is 16.7 Å². The van der Waals surface area contributed by atoms with Crippen LogP contribution in [0.5, 0.6) is 0 Å². The van der Waals surface area contributed by atoms with E-state index in [-0.39, 0.29) is 24.4 Å². The van der Waals surface area contributed by atoms with Crippen molar-refractivity contribution < 1.29 is 27.9 Å². The van der Waals surface area contributed by atoms with E-state index in [2.05, 4.69) is 43.7 Å². The van der Waals surface area contributed by atoms with E-state index in [4.69, 9.17) is 5.73 Å². The molecule has 0 aliphatic heterocycles. The average molecular weight is 587 g/mol. The first-order valence-corrected chi connectivity index (χ1v) is 13.0. The van der Waals surface area contributed by atoms with Crippen LogP contribution in [-0.2, 0) is 29.5 Å². The Bertz CT molecular complexity index is 1280. The van der Waals surface area contributed by atoms with E-state index in [1.165, 1.54) is 16.7 Å². The van der Waals surface area contributed by atoms with Gasteiger partial charge in [0.05, 0.1) is 0 Å². The molecule has 36 heavy (non-hydrogen) atoms. The van der Waals surface area contributed by atoms with Crippen LogP contribution in [0.15, 0.2) is 102 Å². The standard InChI is InChI=1S/C21H21N2O2S.C9H11.Ru.H/c1-16-12-14-19(15-13-16)26(24,25)23-21(18-10-6-3-7-11-18)20(22)17-8-4-2-5-9-17;1-7-4-8(2)6-9(3)5-7;;/h2-15,20-21H,22H2,1H3;4-5H,1-3H3;;/q2*-1;+2;. The molecule has 0 saturated heterocycles. The second-order valence-corrected chi connectivity index (χ2v) is 10.3. The minimum absolute atomic E-state index is 0. The molecule has 4 aromatic carbocycles. The number of hydrogen-bond donors (Lipinski definition) is 1. The number of sulfonamides is 1. The second kappa shape index (κ2) is 13.6. The Hall–Kier alpha value is -2.63. The third-order valence-electron chi connectivity index (χ3n) is 5.52. The predicted molar refractivity (Wildman–Crippen MR) is 145 cm³/mol. The number of aryl methyl sites for hydroxylation is 4. The van der Waals surface area contributed by atoms with Crippen LogP contribution in [-0.4, -0.2) is 8.42 Å². The van der Waals surface area contributed by atoms with E-state index in [9.17, 15) is 8.42 Å². The summed E-state index contributed by atoms with van der Waals surface area (Å²) in [5, 5.41) is 0. The minimum atomic E-state index is -3.83. The van der Waals surface area contributed by atoms with E-state index >= 15 is 0 Å². The van der Waals surface area contributed by atoms with Gasteiger partial charge in [-0.25, -0.2) is 8.42 Å². The quantitative estimate of drug-likeness (QED) is 0.203. The molecule has 189 valence electrons. The van der Waals surface area contributed by atoms with Gasteiger partial charge in [0, 0.05) is 10.9 Å². The summed E-state index contributed by atoms with van der Waals surface area (Å²) in [4.78, 5) is 0.171. The molecule has 0 spiro atoms. The fraction of sp³-hybridized carbons (Fsp3) is 0.200. The zero-order valence-electron chi connectivity index (χ0n) is 21.0. The van der Waals surface area contributed by atoms with Gasteiger partial charge in [0.1, 0.15) is 10.0 Å². The number of hydrogen-bond acceptors (Lipinski definition) is 3. The topological polar surface area (TPSA) is 74.3 Å². The van der Waals surface area contributed by atoms with Crippen molar-refractivity contribution in [3.63, 3.8) is 0 Å². The molecule has 0 aliphatic rings. The zero-order chi connectivity index (χ0) is 25.4. The van der Waals surface area contributed by atoms with Gasteiger partial charge in [0.25, 0.3) is 0 Å². The van der Waals surface area contributed by atoms with Gasteiger partial charge >= 0.3 is 19.5 Å². The molecule has 0 saturated carbocycles. The predicted octanol–water partition coefficient (Wildman–Crippen LogP) is 6.64. The summed E-state index contributed by atoms with van der Waals surface area (Å²) in [5.74, 6) is 0. The van der Waals surface area contributed by atoms with Gasteiger partial charge in [-0.05, 0) is 24.6 Å². The maximum atomic E-state index is 12.8. The SMILES string of the molecule is Cc1[c-]c(C)cc(C)c1.Cc1ccc(S(=O)(=O)[N-]C(c2ccccc2)C(N)c2ccccc2)cc1.[RuH+2]. The van der Waals surface area contributed by atoms with Gasteiger partial charge in [-0.3, -0.25) is 0 Å². The number of benzene rings is 4. The van der Waals surface area contributed by atoms with Crippen LogP contribution in [0, 0.1) is 33.8 Å². The van der Waals surface area contributed by atoms with Crippen molar-refractivity contribution in [2.45, 2.75) is 44.7 Å². The van der Waals surface area contributed by atoms with Crippen molar-refractivity contribution >= 4 is 10.0 Å². The second-order valence-electron chi connectivity index (χ2n) is 8.71. The Kier molecular flexibility index (Phi) is 11.2. The molecule has 6 heteroatoms. The maximum absolute atomic E-state index is 12.8. The van der Waals surface area contributed by atoms with Gasteiger partial charge in [-0.2, -0.15) is 34.9 Å². The molecule has 2 N–H and O–H groups in total. The molecule has 2 atom stereocenters. The van der Waals surface area contributed by atoms with Crippen LogP contribution in [0.2, 0.25) is 0 Å². The first-order chi connectivity index (χ1) is 16.7. The van der Waals surface area contributed by atoms with Gasteiger partial charge in [-0.1, -0.05) is 111 Å². The molecular weight excluding hydrogens is 553 g/mol. The molecule has 4 aromatic rings. The molecule has 0 fully saturated rings. The molecule has 0 radical (unpaired) electrons. The Morgan fingerprint density at radius 2 is 1.17 bits per heavy atom. The number of nitrogens with two attached hydrogens (primary N) is 1. The van der Waals surface area contributed by atoms with Crippen LogP contribution in [0.1, 0.15) is 45.5 Å². The molecule has 0 aromatic heterocycles. The average Bonchev–Trinajstić information content (AvgIpc) is 2.83. The number of nitrogens with zero attached hydrogens (tertiary/aromatic N) is 1. The van der Waals surface area contributed by atoms with Gasteiger partial charge in [0.15, 0.2) is 0 Å². The summed E-state index contributed by atoms with van der Waals surface area (Å²) in [6.07, 6.45) is 0. The van der Waals surface area contributed by atoms with Gasteiger partial charge in [-0.15, -0.1) is 0 Å². The van der Waals surface area contributed by atoms with Crippen LogP contribution in [0.3, 0.4) is 0 Å². The van der Waals surface area contributed by atoms with E-state index in [1.54, 1.807) is 24.3 Å². The van der Waals surface area contributed by atoms with Gasteiger partial charge in [0.2, 0.25) is 0 Å². The Balaban J connectivity index is 0.000000386. The fourth-order valence-corrected chi connectivity index (χ4v) is 5.02. The summed E-state index contributed by atoms with van der Waals surface area (Å²) in [6.45, 7) is 8.15. The Morgan fingerprint density at radius 1 is 0.694 bits per heavy atom. The van der Waals surface area contributed by atoms with Crippen molar-refractivity contribution in [2.24, 2.45) is 5.73 Å². The van der Waals surface area contributed by atoms with Crippen molar-refractivity contribution in [1.29, 1.82) is 0 Å². The Labute approximate surface area is 228 Å². The first-order valence-electron chi connectivity index (χ1n) is 11.5. The molecule has 0 aliphatic carbocycles. The van der Waals surface area contributed by atoms with Crippen molar-refractivity contribution in [2.75, 3.05) is 0 Å². The normalized spacial score (nSPS) is 12.5. The van der Waals surface area contributed by atoms with Crippen LogP contribution in [0.4, 0.5) is 0 Å². The fourth-order valence-electron chi connectivity index (χ4n) is 3.87. The van der Waals surface area contributed by atoms with E-state index in [0.29, 0.717) is 0 Å². The molecule has 4 rings (SSSR count). The third-order valence-corrected chi connectivity index (χ3v) is 6.89. The van der Waals surface area contributed by atoms with Crippen LogP contribution < -0.4 is 5.73 Å². The number of rotatable bonds is 6. The van der Waals surface area contributed by atoms with Crippen molar-refractivity contribution in [3.8, 4) is 0 Å². The van der Waals surface area contributed by atoms with Crippen molar-refractivity contribution in [3.05, 3.63) is 141 Å². The molecule has 4 nitrogen and oxygen atoms in total. The third kappa shape index (κ3) is 8.49. The Morgan fingerprint density at radius 3 is 1.64 bits per heavy atom. The van der Waals surface area contributed by atoms with Crippen LogP contribution >= 0.6 is 0 Å². The van der Waals surface area contributed by atoms with Crippen LogP contribution in [0.25, 0.3) is 4.72 Å². The first kappa shape index (κ1) is 29.6. The summed E-state index contributed by atoms with van der Waals surface area (Å²) >= 11 is 0. The monoisotopic (exact) mass is 587 g/mol. The summed E-state index contributed by atoms with van der Waals surface area (Å²) in [6, 6.07) is 31.6. The zero-order valence-corrected chi connectivity index (χ0v) is 23.7. The summed E-state index contributed by atoms with van der Waals surface area (Å²) in [5.41, 5.74) is 12.8. The molecule has 0 amide bonds. The summed E-state index contributed by atoms with van der Waals surface area (Å²) < 4.78 is 29.9. The molecular formula is C30H33N2O2RuS. The van der Waals surface area contributed by atoms with Crippen molar-refractivity contribution in [1.82, 2.24) is 0 Å². The van der Waals surface area contributed by atoms with E-state index < -0.39 is 22.1 Å². The molecule has 0 heterocycles. The molecule has 2 unspecified atom stereocenters. The van der Waals surface area contributed by atoms with E-state index in [1.807, 2.05) is 67.6 Å². The van der Waals surface area contributed by atoms with Gasteiger partial charge < -0.3 is 10.5 Å².